The molecule has 186 valence electrons. The van der Waals surface area contributed by atoms with E-state index in [9.17, 15) is 20.1 Å². The maximum absolute atomic E-state index is 12.1. The lowest BCUT2D eigenvalue weighted by molar-refractivity contribution is -0.124. The van der Waals surface area contributed by atoms with E-state index in [1.165, 1.54) is 70.6 Å². The monoisotopic (exact) mass is 443 g/mol. The number of carbonyl (C=O) groups is 1. The Morgan fingerprint density at radius 2 is 1.10 bits per heavy atom. The molecule has 0 unspecified atom stereocenters. The third-order valence-corrected chi connectivity index (χ3v) is 6.21. The zero-order valence-corrected chi connectivity index (χ0v) is 20.6. The van der Waals surface area contributed by atoms with Crippen LogP contribution in [-0.2, 0) is 4.79 Å². The molecule has 1 amide bonds. The quantitative estimate of drug-likeness (QED) is 0.154. The Bertz CT molecular complexity index is 392. The Morgan fingerprint density at radius 1 is 0.677 bits per heavy atom. The average molecular weight is 444 g/mol. The third kappa shape index (κ3) is 18.6. The van der Waals surface area contributed by atoms with Gasteiger partial charge in [-0.2, -0.15) is 0 Å². The van der Waals surface area contributed by atoms with Gasteiger partial charge in [0.15, 0.2) is 0 Å². The van der Waals surface area contributed by atoms with Crippen molar-refractivity contribution in [1.82, 2.24) is 5.32 Å². The van der Waals surface area contributed by atoms with Crippen molar-refractivity contribution in [2.45, 2.75) is 154 Å². The van der Waals surface area contributed by atoms with E-state index in [1.807, 2.05) is 0 Å². The Balaban J connectivity index is 3.82. The van der Waals surface area contributed by atoms with Crippen LogP contribution in [0.25, 0.3) is 0 Å². The molecule has 0 aromatic rings. The van der Waals surface area contributed by atoms with Gasteiger partial charge in [-0.15, -0.1) is 0 Å². The van der Waals surface area contributed by atoms with Gasteiger partial charge in [0.05, 0.1) is 18.8 Å². The number of aliphatic hydroxyl groups excluding tert-OH is 3. The first kappa shape index (κ1) is 30.4. The van der Waals surface area contributed by atoms with Gasteiger partial charge in [0.1, 0.15) is 6.10 Å². The van der Waals surface area contributed by atoms with Crippen molar-refractivity contribution in [3.63, 3.8) is 0 Å². The molecular weight excluding hydrogens is 390 g/mol. The first-order valence-corrected chi connectivity index (χ1v) is 13.3. The summed E-state index contributed by atoms with van der Waals surface area (Å²) in [4.78, 5) is 12.1. The second kappa shape index (κ2) is 22.5. The topological polar surface area (TPSA) is 89.8 Å². The minimum atomic E-state index is -1.12. The number of rotatable bonds is 23. The van der Waals surface area contributed by atoms with E-state index >= 15 is 0 Å². The number of hydrogen-bond acceptors (Lipinski definition) is 4. The van der Waals surface area contributed by atoms with Crippen molar-refractivity contribution in [3.05, 3.63) is 0 Å². The summed E-state index contributed by atoms with van der Waals surface area (Å²) in [6, 6.07) is -0.796. The number of unbranched alkanes of at least 4 members (excludes halogenated alkanes) is 15. The average Bonchev–Trinajstić information content (AvgIpc) is 2.77. The summed E-state index contributed by atoms with van der Waals surface area (Å²) in [7, 11) is 0. The van der Waals surface area contributed by atoms with Crippen LogP contribution in [0.15, 0.2) is 0 Å². The van der Waals surface area contributed by atoms with Crippen LogP contribution in [0, 0.1) is 0 Å². The first-order chi connectivity index (χ1) is 15.1. The molecule has 5 nitrogen and oxygen atoms in total. The fraction of sp³-hybridized carbons (Fsp3) is 0.962. The lowest BCUT2D eigenvalue weighted by Gasteiger charge is -2.26. The fourth-order valence-corrected chi connectivity index (χ4v) is 4.04. The fourth-order valence-electron chi connectivity index (χ4n) is 4.04. The number of nitrogens with one attached hydrogen (secondary N) is 1. The second-order valence-corrected chi connectivity index (χ2v) is 9.26. The number of amides is 1. The van der Waals surface area contributed by atoms with E-state index < -0.39 is 18.2 Å². The summed E-state index contributed by atoms with van der Waals surface area (Å²) in [6.45, 7) is 4.07. The van der Waals surface area contributed by atoms with Crippen LogP contribution in [0.5, 0.6) is 0 Å². The number of aliphatic hydroxyl groups is 3. The van der Waals surface area contributed by atoms with Crippen LogP contribution >= 0.6 is 0 Å². The zero-order valence-electron chi connectivity index (χ0n) is 20.6. The largest absolute Gasteiger partial charge is 0.394 e. The predicted octanol–water partition coefficient (Wildman–Crippen LogP) is 5.64. The summed E-state index contributed by atoms with van der Waals surface area (Å²) < 4.78 is 0. The molecule has 0 heterocycles. The van der Waals surface area contributed by atoms with Gasteiger partial charge in [-0.1, -0.05) is 117 Å². The number of hydrogen-bond donors (Lipinski definition) is 4. The lowest BCUT2D eigenvalue weighted by Crippen LogP contribution is -2.50. The minimum absolute atomic E-state index is 0.155. The minimum Gasteiger partial charge on any atom is -0.394 e. The maximum atomic E-state index is 12.1. The van der Waals surface area contributed by atoms with Crippen molar-refractivity contribution >= 4 is 5.91 Å². The van der Waals surface area contributed by atoms with Crippen molar-refractivity contribution in [2.75, 3.05) is 6.61 Å². The Kier molecular flexibility index (Phi) is 22.1. The van der Waals surface area contributed by atoms with E-state index in [-0.39, 0.29) is 12.5 Å². The van der Waals surface area contributed by atoms with Gasteiger partial charge in [0, 0.05) is 6.42 Å². The molecule has 4 N–H and O–H groups in total. The molecule has 0 aromatic heterocycles. The summed E-state index contributed by atoms with van der Waals surface area (Å²) in [5.41, 5.74) is 0. The second-order valence-electron chi connectivity index (χ2n) is 9.26. The highest BCUT2D eigenvalue weighted by molar-refractivity contribution is 5.76. The zero-order chi connectivity index (χ0) is 23.2. The highest BCUT2D eigenvalue weighted by Gasteiger charge is 2.26. The number of carbonyl (C=O) groups excluding carboxylic acids is 1. The maximum Gasteiger partial charge on any atom is 0.220 e. The highest BCUT2D eigenvalue weighted by atomic mass is 16.3. The van der Waals surface area contributed by atoms with Crippen molar-refractivity contribution in [3.8, 4) is 0 Å². The molecule has 0 saturated carbocycles. The Morgan fingerprint density at radius 3 is 1.55 bits per heavy atom. The smallest absolute Gasteiger partial charge is 0.220 e. The molecule has 0 spiro atoms. The standard InChI is InChI=1S/C26H53NO4/c1-3-5-7-9-11-12-13-15-16-18-20-24(29)26(31)23(22-28)27-25(30)21-19-17-14-10-8-6-4-2/h23-24,26,28-29,31H,3-22H2,1-2H3,(H,27,30)/t23-,24+,26-/m0/s1. The lowest BCUT2D eigenvalue weighted by atomic mass is 9.99. The molecule has 0 aliphatic rings. The van der Waals surface area contributed by atoms with Crippen LogP contribution in [0.4, 0.5) is 0 Å². The van der Waals surface area contributed by atoms with Gasteiger partial charge in [0.2, 0.25) is 5.91 Å². The van der Waals surface area contributed by atoms with Crippen LogP contribution in [0.1, 0.15) is 136 Å². The third-order valence-electron chi connectivity index (χ3n) is 6.21. The van der Waals surface area contributed by atoms with Gasteiger partial charge < -0.3 is 20.6 Å². The van der Waals surface area contributed by atoms with E-state index in [0.717, 1.165) is 38.5 Å². The summed E-state index contributed by atoms with van der Waals surface area (Å²) >= 11 is 0. The normalized spacial score (nSPS) is 14.4. The van der Waals surface area contributed by atoms with Crippen molar-refractivity contribution in [2.24, 2.45) is 0 Å². The molecule has 0 radical (unpaired) electrons. The summed E-state index contributed by atoms with van der Waals surface area (Å²) in [5, 5.41) is 32.8. The van der Waals surface area contributed by atoms with Crippen molar-refractivity contribution < 1.29 is 20.1 Å². The van der Waals surface area contributed by atoms with Crippen LogP contribution in [0.3, 0.4) is 0 Å². The summed E-state index contributed by atoms with van der Waals surface area (Å²) in [6.07, 6.45) is 19.1. The molecule has 0 saturated heterocycles. The van der Waals surface area contributed by atoms with Crippen LogP contribution < -0.4 is 5.32 Å². The van der Waals surface area contributed by atoms with E-state index in [0.29, 0.717) is 12.8 Å². The molecule has 0 bridgehead atoms. The Hall–Kier alpha value is -0.650. The van der Waals surface area contributed by atoms with Crippen LogP contribution in [0.2, 0.25) is 0 Å². The van der Waals surface area contributed by atoms with Gasteiger partial charge in [-0.05, 0) is 12.8 Å². The van der Waals surface area contributed by atoms with Crippen molar-refractivity contribution in [1.29, 1.82) is 0 Å². The van der Waals surface area contributed by atoms with Gasteiger partial charge in [0.25, 0.3) is 0 Å². The highest BCUT2D eigenvalue weighted by Crippen LogP contribution is 2.14. The first-order valence-electron chi connectivity index (χ1n) is 13.3. The Labute approximate surface area is 192 Å². The van der Waals surface area contributed by atoms with Gasteiger partial charge in [-0.25, -0.2) is 0 Å². The van der Waals surface area contributed by atoms with Crippen LogP contribution in [-0.4, -0.2) is 46.1 Å². The summed E-state index contributed by atoms with van der Waals surface area (Å²) in [5.74, 6) is -0.155. The molecule has 0 aromatic carbocycles. The van der Waals surface area contributed by atoms with Gasteiger partial charge >= 0.3 is 0 Å². The molecule has 0 aliphatic heterocycles. The molecule has 0 rings (SSSR count). The molecule has 3 atom stereocenters. The van der Waals surface area contributed by atoms with E-state index in [1.54, 1.807) is 0 Å². The van der Waals surface area contributed by atoms with Gasteiger partial charge in [-0.3, -0.25) is 4.79 Å². The SMILES string of the molecule is CCCCCCCCCCCC[C@@H](O)[C@@H](O)[C@H](CO)NC(=O)CCCCCCCCC. The van der Waals surface area contributed by atoms with E-state index in [4.69, 9.17) is 0 Å². The molecule has 5 heteroatoms. The predicted molar refractivity (Wildman–Crippen MR) is 130 cm³/mol. The molecule has 31 heavy (non-hydrogen) atoms. The molecule has 0 fully saturated rings. The van der Waals surface area contributed by atoms with E-state index in [2.05, 4.69) is 19.2 Å². The molecule has 0 aliphatic carbocycles. The molecular formula is C26H53NO4.